The predicted octanol–water partition coefficient (Wildman–Crippen LogP) is 2.20. The summed E-state index contributed by atoms with van der Waals surface area (Å²) in [6.45, 7) is 2.14. The van der Waals surface area contributed by atoms with E-state index in [2.05, 4.69) is 0 Å². The first kappa shape index (κ1) is 27.2. The van der Waals surface area contributed by atoms with E-state index in [4.69, 9.17) is 9.47 Å². The molecule has 6 atom stereocenters. The maximum atomic E-state index is 14.7. The van der Waals surface area contributed by atoms with E-state index in [-0.39, 0.29) is 30.9 Å². The minimum absolute atomic E-state index is 0.200. The lowest BCUT2D eigenvalue weighted by Gasteiger charge is -2.40. The molecule has 0 aliphatic carbocycles. The van der Waals surface area contributed by atoms with Crippen molar-refractivity contribution in [3.63, 3.8) is 0 Å². The highest BCUT2D eigenvalue weighted by molar-refractivity contribution is 6.06. The lowest BCUT2D eigenvalue weighted by Crippen LogP contribution is -2.59. The summed E-state index contributed by atoms with van der Waals surface area (Å²) in [5.74, 6) is -1.99. The van der Waals surface area contributed by atoms with E-state index in [9.17, 15) is 19.5 Å². The SMILES string of the molecule is COc1ccc(N2CC=C[C@]34O[C@]5(C)C=CCN(C)C(=O)[C@@H]5[C@H]3C(=O)N([C@@H](CO)Cc3ccccc3)C4C2=O)cc1. The summed E-state index contributed by atoms with van der Waals surface area (Å²) in [6.07, 6.45) is 7.75. The van der Waals surface area contributed by atoms with Crippen molar-refractivity contribution in [1.29, 1.82) is 0 Å². The van der Waals surface area contributed by atoms with Crippen LogP contribution in [-0.2, 0) is 25.5 Å². The number of hydrogen-bond donors (Lipinski definition) is 1. The zero-order chi connectivity index (χ0) is 28.9. The lowest BCUT2D eigenvalue weighted by atomic mass is 9.74. The third kappa shape index (κ3) is 4.18. The molecule has 1 N–H and O–H groups in total. The Hall–Kier alpha value is -3.95. The van der Waals surface area contributed by atoms with E-state index < -0.39 is 35.1 Å². The Morgan fingerprint density at radius 2 is 1.66 bits per heavy atom. The Balaban J connectivity index is 1.49. The molecule has 4 aliphatic rings. The van der Waals surface area contributed by atoms with Crippen molar-refractivity contribution in [3.05, 3.63) is 84.5 Å². The van der Waals surface area contributed by atoms with Gasteiger partial charge in [0.1, 0.15) is 17.4 Å². The zero-order valence-electron chi connectivity index (χ0n) is 23.5. The van der Waals surface area contributed by atoms with Crippen LogP contribution in [-0.4, -0.2) is 89.8 Å². The molecule has 4 aliphatic heterocycles. The van der Waals surface area contributed by atoms with Gasteiger partial charge in [-0.1, -0.05) is 54.6 Å². The maximum Gasteiger partial charge on any atom is 0.253 e. The number of nitrogens with zero attached hydrogens (tertiary/aromatic N) is 3. The molecular formula is C32H35N3O6. The van der Waals surface area contributed by atoms with Gasteiger partial charge in [0.2, 0.25) is 11.8 Å². The van der Waals surface area contributed by atoms with E-state index in [1.54, 1.807) is 48.2 Å². The largest absolute Gasteiger partial charge is 0.497 e. The van der Waals surface area contributed by atoms with Crippen LogP contribution in [0.25, 0.3) is 0 Å². The zero-order valence-corrected chi connectivity index (χ0v) is 23.5. The van der Waals surface area contributed by atoms with Crippen LogP contribution in [0.4, 0.5) is 5.69 Å². The Morgan fingerprint density at radius 3 is 2.34 bits per heavy atom. The number of fused-ring (bicyclic) bond motifs is 2. The predicted molar refractivity (Wildman–Crippen MR) is 152 cm³/mol. The average Bonchev–Trinajstić information content (AvgIpc) is 3.26. The second-order valence-electron chi connectivity index (χ2n) is 11.4. The number of hydrogen-bond acceptors (Lipinski definition) is 6. The molecule has 2 saturated heterocycles. The van der Waals surface area contributed by atoms with Gasteiger partial charge in [-0.3, -0.25) is 14.4 Å². The van der Waals surface area contributed by atoms with Gasteiger partial charge in [0.25, 0.3) is 5.91 Å². The molecule has 2 aromatic rings. The van der Waals surface area contributed by atoms with Crippen LogP contribution in [0.2, 0.25) is 0 Å². The summed E-state index contributed by atoms with van der Waals surface area (Å²) in [7, 11) is 3.29. The summed E-state index contributed by atoms with van der Waals surface area (Å²) < 4.78 is 12.2. The van der Waals surface area contributed by atoms with E-state index in [1.807, 2.05) is 61.6 Å². The number of amides is 3. The molecule has 2 fully saturated rings. The van der Waals surface area contributed by atoms with Gasteiger partial charge < -0.3 is 29.3 Å². The Bertz CT molecular complexity index is 1410. The molecule has 0 bridgehead atoms. The molecule has 9 heteroatoms. The minimum Gasteiger partial charge on any atom is -0.497 e. The molecule has 0 radical (unpaired) electrons. The van der Waals surface area contributed by atoms with Crippen molar-refractivity contribution >= 4 is 23.4 Å². The van der Waals surface area contributed by atoms with Crippen molar-refractivity contribution in [1.82, 2.24) is 9.80 Å². The van der Waals surface area contributed by atoms with Gasteiger partial charge in [-0.15, -0.1) is 0 Å². The highest BCUT2D eigenvalue weighted by Crippen LogP contribution is 2.58. The number of aliphatic hydroxyl groups is 1. The van der Waals surface area contributed by atoms with E-state index in [1.165, 1.54) is 4.90 Å². The third-order valence-electron chi connectivity index (χ3n) is 9.00. The van der Waals surface area contributed by atoms with Crippen molar-refractivity contribution in [2.75, 3.05) is 38.8 Å². The molecule has 1 spiro atoms. The number of ether oxygens (including phenoxy) is 2. The first-order chi connectivity index (χ1) is 19.7. The van der Waals surface area contributed by atoms with Crippen LogP contribution >= 0.6 is 0 Å². The third-order valence-corrected chi connectivity index (χ3v) is 9.00. The van der Waals surface area contributed by atoms with Gasteiger partial charge in [0.05, 0.1) is 37.2 Å². The van der Waals surface area contributed by atoms with Gasteiger partial charge >= 0.3 is 0 Å². The van der Waals surface area contributed by atoms with Gasteiger partial charge in [-0.2, -0.15) is 0 Å². The number of likely N-dealkylation sites (N-methyl/N-ethyl adjacent to an activating group) is 1. The summed E-state index contributed by atoms with van der Waals surface area (Å²) >= 11 is 0. The standard InChI is InChI=1S/C32H35N3O6/c1-31-15-7-17-33(2)28(37)25(31)26-29(38)35(23(20-36)19-21-9-5-4-6-10-21)27-30(39)34(18-8-16-32(26,27)41-31)22-11-13-24(40-3)14-12-22/h4-16,23,25-27,36H,17-20H2,1-3H3/t23-,25+,26+,27?,31-,32+/m1/s1. The molecule has 41 heavy (non-hydrogen) atoms. The maximum absolute atomic E-state index is 14.7. The normalized spacial score (nSPS) is 31.5. The van der Waals surface area contributed by atoms with E-state index in [0.717, 1.165) is 5.56 Å². The van der Waals surface area contributed by atoms with Gasteiger partial charge in [-0.05, 0) is 43.2 Å². The van der Waals surface area contributed by atoms with E-state index >= 15 is 0 Å². The highest BCUT2D eigenvalue weighted by Gasteiger charge is 2.75. The van der Waals surface area contributed by atoms with Crippen molar-refractivity contribution in [2.45, 2.75) is 36.6 Å². The number of benzene rings is 2. The molecule has 0 saturated carbocycles. The number of carbonyl (C=O) groups excluding carboxylic acids is 3. The summed E-state index contributed by atoms with van der Waals surface area (Å²) in [4.78, 5) is 47.8. The molecule has 2 aromatic carbocycles. The average molecular weight is 558 g/mol. The molecule has 4 heterocycles. The molecule has 6 rings (SSSR count). The lowest BCUT2D eigenvalue weighted by molar-refractivity contribution is -0.150. The van der Waals surface area contributed by atoms with Crippen LogP contribution in [0.1, 0.15) is 12.5 Å². The summed E-state index contributed by atoms with van der Waals surface area (Å²) in [5.41, 5.74) is -0.906. The number of anilines is 1. The van der Waals surface area contributed by atoms with Crippen molar-refractivity contribution < 1.29 is 29.0 Å². The first-order valence-corrected chi connectivity index (χ1v) is 14.0. The number of rotatable bonds is 6. The fourth-order valence-electron chi connectivity index (χ4n) is 7.11. The fourth-order valence-corrected chi connectivity index (χ4v) is 7.11. The second kappa shape index (κ2) is 10.2. The van der Waals surface area contributed by atoms with Crippen LogP contribution in [0.15, 0.2) is 78.9 Å². The van der Waals surface area contributed by atoms with Crippen LogP contribution < -0.4 is 9.64 Å². The summed E-state index contributed by atoms with van der Waals surface area (Å²) in [5, 5.41) is 10.7. The van der Waals surface area contributed by atoms with Crippen LogP contribution in [0.5, 0.6) is 5.75 Å². The topological polar surface area (TPSA) is 99.6 Å². The number of carbonyl (C=O) groups is 3. The monoisotopic (exact) mass is 557 g/mol. The van der Waals surface area contributed by atoms with Gasteiger partial charge in [0, 0.05) is 25.8 Å². The van der Waals surface area contributed by atoms with Crippen LogP contribution in [0, 0.1) is 11.8 Å². The van der Waals surface area contributed by atoms with Crippen molar-refractivity contribution in [2.24, 2.45) is 11.8 Å². The van der Waals surface area contributed by atoms with Gasteiger partial charge in [-0.25, -0.2) is 0 Å². The van der Waals surface area contributed by atoms with Gasteiger partial charge in [0.15, 0.2) is 0 Å². The number of aliphatic hydroxyl groups excluding tert-OH is 1. The highest BCUT2D eigenvalue weighted by atomic mass is 16.5. The number of likely N-dealkylation sites (tertiary alicyclic amines) is 1. The first-order valence-electron chi connectivity index (χ1n) is 14.0. The van der Waals surface area contributed by atoms with Crippen molar-refractivity contribution in [3.8, 4) is 5.75 Å². The molecule has 3 amide bonds. The Kier molecular flexibility index (Phi) is 6.74. The number of methoxy groups -OCH3 is 1. The molecule has 9 nitrogen and oxygen atoms in total. The minimum atomic E-state index is -1.39. The molecule has 214 valence electrons. The van der Waals surface area contributed by atoms with E-state index in [0.29, 0.717) is 24.4 Å². The molecule has 1 unspecified atom stereocenters. The Labute approximate surface area is 239 Å². The quantitative estimate of drug-likeness (QED) is 0.547. The molecular weight excluding hydrogens is 522 g/mol. The fraction of sp³-hybridized carbons (Fsp3) is 0.406. The smallest absolute Gasteiger partial charge is 0.253 e. The second-order valence-corrected chi connectivity index (χ2v) is 11.4. The summed E-state index contributed by atoms with van der Waals surface area (Å²) in [6, 6.07) is 14.9. The van der Waals surface area contributed by atoms with Crippen LogP contribution in [0.3, 0.4) is 0 Å². The molecule has 0 aromatic heterocycles. The Morgan fingerprint density at radius 1 is 0.951 bits per heavy atom.